The van der Waals surface area contributed by atoms with Crippen molar-refractivity contribution in [1.82, 2.24) is 4.98 Å². The Morgan fingerprint density at radius 1 is 1.11 bits per heavy atom. The van der Waals surface area contributed by atoms with Crippen molar-refractivity contribution in [1.29, 1.82) is 0 Å². The zero-order chi connectivity index (χ0) is 13.3. The molecule has 0 fully saturated rings. The van der Waals surface area contributed by atoms with E-state index in [-0.39, 0.29) is 11.2 Å². The van der Waals surface area contributed by atoms with Crippen LogP contribution in [-0.4, -0.2) is 4.98 Å². The molecule has 1 heterocycles. The van der Waals surface area contributed by atoms with Crippen LogP contribution in [0.3, 0.4) is 0 Å². The Bertz CT molecular complexity index is 573. The van der Waals surface area contributed by atoms with Gasteiger partial charge in [0.25, 0.3) is 0 Å². The van der Waals surface area contributed by atoms with Crippen molar-refractivity contribution >= 4 is 11.6 Å². The molecule has 0 N–H and O–H groups in total. The third kappa shape index (κ3) is 2.39. The molecule has 1 nitrogen and oxygen atoms in total. The predicted octanol–water partition coefficient (Wildman–Crippen LogP) is 4.84. The van der Waals surface area contributed by atoms with Crippen LogP contribution in [0.15, 0.2) is 36.5 Å². The maximum absolute atomic E-state index is 14.5. The summed E-state index contributed by atoms with van der Waals surface area (Å²) < 4.78 is 14.5. The normalized spacial score (nSPS) is 11.6. The summed E-state index contributed by atoms with van der Waals surface area (Å²) in [6.45, 7) is 5.94. The number of pyridine rings is 1. The molecule has 0 spiro atoms. The zero-order valence-electron chi connectivity index (χ0n) is 10.7. The Labute approximate surface area is 112 Å². The average molecular weight is 264 g/mol. The number of halogens is 2. The number of hydrogen-bond acceptors (Lipinski definition) is 1. The van der Waals surface area contributed by atoms with Crippen LogP contribution in [-0.2, 0) is 5.41 Å². The van der Waals surface area contributed by atoms with Crippen LogP contribution in [0.2, 0.25) is 5.02 Å². The molecule has 0 amide bonds. The predicted molar refractivity (Wildman–Crippen MR) is 73.3 cm³/mol. The molecule has 0 atom stereocenters. The van der Waals surface area contributed by atoms with Gasteiger partial charge in [-0.25, -0.2) is 4.39 Å². The van der Waals surface area contributed by atoms with Gasteiger partial charge in [0.1, 0.15) is 5.82 Å². The van der Waals surface area contributed by atoms with Crippen molar-refractivity contribution in [2.24, 2.45) is 0 Å². The Morgan fingerprint density at radius 2 is 1.83 bits per heavy atom. The van der Waals surface area contributed by atoms with Crippen molar-refractivity contribution in [2.45, 2.75) is 26.2 Å². The minimum absolute atomic E-state index is 0.245. The van der Waals surface area contributed by atoms with E-state index in [1.165, 1.54) is 0 Å². The van der Waals surface area contributed by atoms with Crippen LogP contribution in [0.5, 0.6) is 0 Å². The molecule has 94 valence electrons. The lowest BCUT2D eigenvalue weighted by Gasteiger charge is -2.21. The molecule has 0 saturated heterocycles. The number of aromatic nitrogens is 1. The Morgan fingerprint density at radius 3 is 2.44 bits per heavy atom. The van der Waals surface area contributed by atoms with E-state index in [0.29, 0.717) is 21.8 Å². The fraction of sp³-hybridized carbons (Fsp3) is 0.267. The van der Waals surface area contributed by atoms with Crippen molar-refractivity contribution in [3.05, 3.63) is 52.9 Å². The summed E-state index contributed by atoms with van der Waals surface area (Å²) in [7, 11) is 0. The summed E-state index contributed by atoms with van der Waals surface area (Å²) in [5.74, 6) is -0.245. The molecule has 0 aliphatic rings. The van der Waals surface area contributed by atoms with Crippen LogP contribution >= 0.6 is 11.6 Å². The molecule has 0 bridgehead atoms. The van der Waals surface area contributed by atoms with Crippen LogP contribution in [0.4, 0.5) is 4.39 Å². The summed E-state index contributed by atoms with van der Waals surface area (Å²) >= 11 is 6.07. The van der Waals surface area contributed by atoms with Gasteiger partial charge in [-0.1, -0.05) is 44.5 Å². The molecule has 2 aromatic rings. The molecule has 3 heteroatoms. The molecule has 18 heavy (non-hydrogen) atoms. The summed E-state index contributed by atoms with van der Waals surface area (Å²) in [6, 6.07) is 8.79. The first-order valence-corrected chi connectivity index (χ1v) is 6.19. The van der Waals surface area contributed by atoms with Gasteiger partial charge in [0.05, 0.1) is 10.7 Å². The topological polar surface area (TPSA) is 12.9 Å². The Kier molecular flexibility index (Phi) is 3.40. The molecule has 2 rings (SSSR count). The lowest BCUT2D eigenvalue weighted by atomic mass is 9.85. The van der Waals surface area contributed by atoms with Crippen LogP contribution < -0.4 is 0 Å². The fourth-order valence-corrected chi connectivity index (χ4v) is 2.10. The van der Waals surface area contributed by atoms with E-state index in [9.17, 15) is 4.39 Å². The van der Waals surface area contributed by atoms with Gasteiger partial charge in [0.2, 0.25) is 0 Å². The number of hydrogen-bond donors (Lipinski definition) is 0. The van der Waals surface area contributed by atoms with E-state index in [0.717, 1.165) is 0 Å². The van der Waals surface area contributed by atoms with Crippen molar-refractivity contribution < 1.29 is 4.39 Å². The van der Waals surface area contributed by atoms with Gasteiger partial charge in [-0.05, 0) is 29.2 Å². The highest BCUT2D eigenvalue weighted by Gasteiger charge is 2.21. The van der Waals surface area contributed by atoms with Gasteiger partial charge >= 0.3 is 0 Å². The maximum atomic E-state index is 14.5. The molecule has 0 aliphatic heterocycles. The summed E-state index contributed by atoms with van der Waals surface area (Å²) in [6.07, 6.45) is 1.62. The van der Waals surface area contributed by atoms with E-state index in [1.54, 1.807) is 30.5 Å². The molecular formula is C15H15ClFN. The minimum atomic E-state index is -0.249. The van der Waals surface area contributed by atoms with Crippen LogP contribution in [0.1, 0.15) is 26.3 Å². The molecular weight excluding hydrogens is 249 g/mol. The summed E-state index contributed by atoms with van der Waals surface area (Å²) in [5.41, 5.74) is 1.36. The first kappa shape index (κ1) is 13.0. The quantitative estimate of drug-likeness (QED) is 0.717. The lowest BCUT2D eigenvalue weighted by molar-refractivity contribution is 0.524. The maximum Gasteiger partial charge on any atom is 0.136 e. The van der Waals surface area contributed by atoms with Gasteiger partial charge in [0, 0.05) is 11.8 Å². The van der Waals surface area contributed by atoms with Crippen molar-refractivity contribution in [3.63, 3.8) is 0 Å². The van der Waals surface area contributed by atoms with Crippen molar-refractivity contribution in [2.75, 3.05) is 0 Å². The van der Waals surface area contributed by atoms with E-state index < -0.39 is 0 Å². The van der Waals surface area contributed by atoms with Gasteiger partial charge in [0.15, 0.2) is 0 Å². The number of rotatable bonds is 1. The fourth-order valence-electron chi connectivity index (χ4n) is 1.88. The van der Waals surface area contributed by atoms with Gasteiger partial charge in [-0.3, -0.25) is 4.98 Å². The molecule has 0 aliphatic carbocycles. The second-order valence-corrected chi connectivity index (χ2v) is 5.66. The molecule has 1 aromatic heterocycles. The average Bonchev–Trinajstić information content (AvgIpc) is 2.29. The highest BCUT2D eigenvalue weighted by atomic mass is 35.5. The van der Waals surface area contributed by atoms with Crippen LogP contribution in [0.25, 0.3) is 11.3 Å². The van der Waals surface area contributed by atoms with Gasteiger partial charge in [-0.15, -0.1) is 0 Å². The van der Waals surface area contributed by atoms with Gasteiger partial charge < -0.3 is 0 Å². The minimum Gasteiger partial charge on any atom is -0.255 e. The molecule has 0 unspecified atom stereocenters. The molecule has 0 radical (unpaired) electrons. The van der Waals surface area contributed by atoms with Crippen LogP contribution in [0, 0.1) is 5.82 Å². The number of benzene rings is 1. The summed E-state index contributed by atoms with van der Waals surface area (Å²) in [5, 5.41) is 0.461. The zero-order valence-corrected chi connectivity index (χ0v) is 11.4. The van der Waals surface area contributed by atoms with Crippen molar-refractivity contribution in [3.8, 4) is 11.3 Å². The lowest BCUT2D eigenvalue weighted by Crippen LogP contribution is -2.14. The SMILES string of the molecule is CC(C)(C)c1cccc(-c2ncccc2Cl)c1F. The third-order valence-corrected chi connectivity index (χ3v) is 3.13. The smallest absolute Gasteiger partial charge is 0.136 e. The highest BCUT2D eigenvalue weighted by molar-refractivity contribution is 6.33. The second kappa shape index (κ2) is 4.69. The first-order chi connectivity index (χ1) is 8.41. The monoisotopic (exact) mass is 263 g/mol. The first-order valence-electron chi connectivity index (χ1n) is 5.81. The van der Waals surface area contributed by atoms with E-state index in [1.807, 2.05) is 26.8 Å². The third-order valence-electron chi connectivity index (χ3n) is 2.82. The Balaban J connectivity index is 2.64. The number of nitrogens with zero attached hydrogens (tertiary/aromatic N) is 1. The standard InChI is InChI=1S/C15H15ClFN/c1-15(2,3)11-7-4-6-10(13(11)17)14-12(16)8-5-9-18-14/h4-9H,1-3H3. The van der Waals surface area contributed by atoms with Gasteiger partial charge in [-0.2, -0.15) is 0 Å². The van der Waals surface area contributed by atoms with E-state index in [2.05, 4.69) is 4.98 Å². The summed E-state index contributed by atoms with van der Waals surface area (Å²) in [4.78, 5) is 4.16. The largest absolute Gasteiger partial charge is 0.255 e. The molecule has 0 saturated carbocycles. The van der Waals surface area contributed by atoms with E-state index in [4.69, 9.17) is 11.6 Å². The Hall–Kier alpha value is -1.41. The van der Waals surface area contributed by atoms with E-state index >= 15 is 0 Å². The highest BCUT2D eigenvalue weighted by Crippen LogP contribution is 2.33. The molecule has 1 aromatic carbocycles. The second-order valence-electron chi connectivity index (χ2n) is 5.25.